The number of anilines is 1. The number of ether oxygens (including phenoxy) is 1. The number of hydrogen-bond donors (Lipinski definition) is 2. The van der Waals surface area contributed by atoms with Crippen LogP contribution >= 0.6 is 12.4 Å². The third-order valence-corrected chi connectivity index (χ3v) is 3.95. The van der Waals surface area contributed by atoms with Crippen LogP contribution in [0.3, 0.4) is 0 Å². The lowest BCUT2D eigenvalue weighted by atomic mass is 10.1. The van der Waals surface area contributed by atoms with Gasteiger partial charge in [0.05, 0.1) is 12.2 Å². The summed E-state index contributed by atoms with van der Waals surface area (Å²) in [4.78, 5) is 26.2. The van der Waals surface area contributed by atoms with E-state index in [-0.39, 0.29) is 42.5 Å². The first-order valence-electron chi connectivity index (χ1n) is 8.45. The molecule has 140 valence electrons. The molecule has 1 aliphatic rings. The molecule has 1 aromatic rings. The van der Waals surface area contributed by atoms with Gasteiger partial charge in [0.2, 0.25) is 5.91 Å². The summed E-state index contributed by atoms with van der Waals surface area (Å²) in [5, 5.41) is 2.82. The lowest BCUT2D eigenvalue weighted by molar-refractivity contribution is -0.116. The number of amides is 2. The Labute approximate surface area is 155 Å². The summed E-state index contributed by atoms with van der Waals surface area (Å²) in [6.45, 7) is 7.01. The molecule has 0 aliphatic carbocycles. The lowest BCUT2D eigenvalue weighted by Gasteiger charge is -2.35. The molecule has 1 saturated heterocycles. The number of nitrogens with zero attached hydrogens (tertiary/aromatic N) is 1. The highest BCUT2D eigenvalue weighted by atomic mass is 35.5. The molecular weight excluding hydrogens is 342 g/mol. The normalized spacial score (nSPS) is 21.2. The van der Waals surface area contributed by atoms with Gasteiger partial charge in [-0.15, -0.1) is 12.4 Å². The highest BCUT2D eigenvalue weighted by Gasteiger charge is 2.26. The molecule has 3 N–H and O–H groups in total. The topological polar surface area (TPSA) is 84.7 Å². The average Bonchev–Trinajstić information content (AvgIpc) is 2.52. The van der Waals surface area contributed by atoms with Crippen LogP contribution in [0.4, 0.5) is 5.69 Å². The molecule has 1 aromatic carbocycles. The van der Waals surface area contributed by atoms with Crippen LogP contribution in [0.5, 0.6) is 0 Å². The number of morpholine rings is 1. The van der Waals surface area contributed by atoms with Crippen molar-refractivity contribution in [3.05, 3.63) is 29.8 Å². The quantitative estimate of drug-likeness (QED) is 0.834. The van der Waals surface area contributed by atoms with E-state index < -0.39 is 0 Å². The molecule has 0 saturated carbocycles. The van der Waals surface area contributed by atoms with E-state index in [1.165, 1.54) is 0 Å². The Morgan fingerprint density at radius 3 is 2.32 bits per heavy atom. The first-order valence-corrected chi connectivity index (χ1v) is 8.45. The fourth-order valence-electron chi connectivity index (χ4n) is 2.80. The zero-order valence-electron chi connectivity index (χ0n) is 15.0. The van der Waals surface area contributed by atoms with E-state index in [0.717, 1.165) is 0 Å². The smallest absolute Gasteiger partial charge is 0.254 e. The van der Waals surface area contributed by atoms with Crippen molar-refractivity contribution in [2.45, 2.75) is 51.9 Å². The van der Waals surface area contributed by atoms with Gasteiger partial charge in [0.1, 0.15) is 0 Å². The SMILES string of the molecule is CC(N)CCC(=O)Nc1ccc(C(=O)N2CC(C)OC(C)C2)cc1.Cl. The fourth-order valence-corrected chi connectivity index (χ4v) is 2.80. The van der Waals surface area contributed by atoms with Gasteiger partial charge in [0.25, 0.3) is 5.91 Å². The molecule has 0 bridgehead atoms. The van der Waals surface area contributed by atoms with Gasteiger partial charge in [-0.1, -0.05) is 0 Å². The van der Waals surface area contributed by atoms with Crippen molar-refractivity contribution in [3.63, 3.8) is 0 Å². The summed E-state index contributed by atoms with van der Waals surface area (Å²) >= 11 is 0. The van der Waals surface area contributed by atoms with Crippen LogP contribution in [0, 0.1) is 0 Å². The Morgan fingerprint density at radius 1 is 1.24 bits per heavy atom. The van der Waals surface area contributed by atoms with Crippen LogP contribution in [0.2, 0.25) is 0 Å². The van der Waals surface area contributed by atoms with Gasteiger partial charge in [0, 0.05) is 36.8 Å². The maximum Gasteiger partial charge on any atom is 0.254 e. The van der Waals surface area contributed by atoms with Crippen molar-refractivity contribution in [2.75, 3.05) is 18.4 Å². The zero-order chi connectivity index (χ0) is 17.7. The van der Waals surface area contributed by atoms with Gasteiger partial charge in [0.15, 0.2) is 0 Å². The third kappa shape index (κ3) is 6.65. The molecule has 2 rings (SSSR count). The van der Waals surface area contributed by atoms with E-state index >= 15 is 0 Å². The van der Waals surface area contributed by atoms with E-state index in [0.29, 0.717) is 37.2 Å². The molecule has 3 atom stereocenters. The Morgan fingerprint density at radius 2 is 1.80 bits per heavy atom. The van der Waals surface area contributed by atoms with Gasteiger partial charge in [-0.25, -0.2) is 0 Å². The number of halogens is 1. The molecular formula is C18H28ClN3O3. The summed E-state index contributed by atoms with van der Waals surface area (Å²) in [6.07, 6.45) is 1.12. The lowest BCUT2D eigenvalue weighted by Crippen LogP contribution is -2.48. The Bertz CT molecular complexity index is 567. The molecule has 7 heteroatoms. The van der Waals surface area contributed by atoms with Gasteiger partial charge in [-0.2, -0.15) is 0 Å². The number of hydrogen-bond acceptors (Lipinski definition) is 4. The first-order chi connectivity index (χ1) is 11.3. The van der Waals surface area contributed by atoms with E-state index in [9.17, 15) is 9.59 Å². The number of nitrogens with two attached hydrogens (primary N) is 1. The standard InChI is InChI=1S/C18H27N3O3.ClH/c1-12(19)4-9-17(22)20-16-7-5-15(6-8-16)18(23)21-10-13(2)24-14(3)11-21;/h5-8,12-14H,4,9-11,19H2,1-3H3,(H,20,22);1H. The summed E-state index contributed by atoms with van der Waals surface area (Å²) in [5.74, 6) is -0.0750. The number of carbonyl (C=O) groups excluding carboxylic acids is 2. The number of benzene rings is 1. The van der Waals surface area contributed by atoms with Crippen LogP contribution in [-0.2, 0) is 9.53 Å². The van der Waals surface area contributed by atoms with Gasteiger partial charge in [-0.3, -0.25) is 9.59 Å². The second kappa shape index (κ2) is 9.75. The van der Waals surface area contributed by atoms with E-state index in [4.69, 9.17) is 10.5 Å². The van der Waals surface area contributed by atoms with Gasteiger partial charge >= 0.3 is 0 Å². The minimum absolute atomic E-state index is 0. The molecule has 1 aliphatic heterocycles. The Kier molecular flexibility index (Phi) is 8.35. The van der Waals surface area contributed by atoms with E-state index in [2.05, 4.69) is 5.32 Å². The van der Waals surface area contributed by atoms with Gasteiger partial charge < -0.3 is 20.7 Å². The molecule has 25 heavy (non-hydrogen) atoms. The molecule has 1 fully saturated rings. The number of nitrogens with one attached hydrogen (secondary N) is 1. The molecule has 2 amide bonds. The average molecular weight is 370 g/mol. The summed E-state index contributed by atoms with van der Waals surface area (Å²) in [5.41, 5.74) is 6.95. The third-order valence-electron chi connectivity index (χ3n) is 3.95. The van der Waals surface area contributed by atoms with Crippen molar-refractivity contribution in [1.82, 2.24) is 4.90 Å². The first kappa shape index (κ1) is 21.4. The minimum Gasteiger partial charge on any atom is -0.372 e. The highest BCUT2D eigenvalue weighted by molar-refractivity contribution is 5.96. The number of carbonyl (C=O) groups is 2. The predicted octanol–water partition coefficient (Wildman–Crippen LogP) is 2.42. The number of rotatable bonds is 5. The van der Waals surface area contributed by atoms with Crippen molar-refractivity contribution in [2.24, 2.45) is 5.73 Å². The Balaban J connectivity index is 0.00000312. The molecule has 0 spiro atoms. The monoisotopic (exact) mass is 369 g/mol. The summed E-state index contributed by atoms with van der Waals surface area (Å²) in [6, 6.07) is 7.01. The fraction of sp³-hybridized carbons (Fsp3) is 0.556. The van der Waals surface area contributed by atoms with Crippen molar-refractivity contribution >= 4 is 29.9 Å². The zero-order valence-corrected chi connectivity index (χ0v) is 15.8. The second-order valence-corrected chi connectivity index (χ2v) is 6.61. The van der Waals surface area contributed by atoms with Crippen molar-refractivity contribution < 1.29 is 14.3 Å². The second-order valence-electron chi connectivity index (χ2n) is 6.61. The maximum atomic E-state index is 12.6. The Hall–Kier alpha value is -1.63. The van der Waals surface area contributed by atoms with E-state index in [1.54, 1.807) is 24.3 Å². The highest BCUT2D eigenvalue weighted by Crippen LogP contribution is 2.16. The van der Waals surface area contributed by atoms with Crippen LogP contribution in [0.25, 0.3) is 0 Å². The molecule has 6 nitrogen and oxygen atoms in total. The molecule has 3 unspecified atom stereocenters. The van der Waals surface area contributed by atoms with Crippen LogP contribution in [-0.4, -0.2) is 48.1 Å². The summed E-state index contributed by atoms with van der Waals surface area (Å²) in [7, 11) is 0. The van der Waals surface area contributed by atoms with E-state index in [1.807, 2.05) is 25.7 Å². The minimum atomic E-state index is -0.0674. The van der Waals surface area contributed by atoms with Gasteiger partial charge in [-0.05, 0) is 51.5 Å². The van der Waals surface area contributed by atoms with Crippen molar-refractivity contribution in [1.29, 1.82) is 0 Å². The predicted molar refractivity (Wildman–Crippen MR) is 101 cm³/mol. The van der Waals surface area contributed by atoms with Crippen LogP contribution in [0.1, 0.15) is 44.0 Å². The largest absolute Gasteiger partial charge is 0.372 e. The molecule has 0 aromatic heterocycles. The van der Waals surface area contributed by atoms with Crippen LogP contribution in [0.15, 0.2) is 24.3 Å². The summed E-state index contributed by atoms with van der Waals surface area (Å²) < 4.78 is 5.65. The molecule has 1 heterocycles. The molecule has 0 radical (unpaired) electrons. The van der Waals surface area contributed by atoms with Crippen LogP contribution < -0.4 is 11.1 Å². The maximum absolute atomic E-state index is 12.6. The van der Waals surface area contributed by atoms with Crippen molar-refractivity contribution in [3.8, 4) is 0 Å².